The molecule has 0 unspecified atom stereocenters. The van der Waals surface area contributed by atoms with Crippen LogP contribution >= 0.6 is 11.8 Å². The molecule has 0 amide bonds. The van der Waals surface area contributed by atoms with E-state index in [4.69, 9.17) is 0 Å². The minimum absolute atomic E-state index is 1.10. The maximum Gasteiger partial charge on any atom is 0.0478 e. The van der Waals surface area contributed by atoms with Crippen LogP contribution in [0.25, 0.3) is 0 Å². The SMILES string of the molecule is CNCCCCc1ccc2c(c1)SCCN2. The Labute approximate surface area is 102 Å². The van der Waals surface area contributed by atoms with Crippen molar-refractivity contribution in [1.29, 1.82) is 0 Å². The van der Waals surface area contributed by atoms with Crippen molar-refractivity contribution in [3.05, 3.63) is 23.8 Å². The molecule has 0 radical (unpaired) electrons. The lowest BCUT2D eigenvalue weighted by Gasteiger charge is -2.18. The molecule has 16 heavy (non-hydrogen) atoms. The van der Waals surface area contributed by atoms with E-state index in [1.54, 1.807) is 0 Å². The highest BCUT2D eigenvalue weighted by molar-refractivity contribution is 7.99. The van der Waals surface area contributed by atoms with Crippen molar-refractivity contribution in [3.63, 3.8) is 0 Å². The molecular weight excluding hydrogens is 216 g/mol. The molecule has 1 aromatic rings. The molecule has 2 nitrogen and oxygen atoms in total. The van der Waals surface area contributed by atoms with Crippen molar-refractivity contribution in [3.8, 4) is 0 Å². The Morgan fingerprint density at radius 1 is 1.38 bits per heavy atom. The minimum Gasteiger partial charge on any atom is -0.383 e. The van der Waals surface area contributed by atoms with Crippen LogP contribution in [0.3, 0.4) is 0 Å². The number of unbranched alkanes of at least 4 members (excludes halogenated alkanes) is 1. The van der Waals surface area contributed by atoms with Gasteiger partial charge in [0.15, 0.2) is 0 Å². The summed E-state index contributed by atoms with van der Waals surface area (Å²) in [5.41, 5.74) is 2.79. The molecular formula is C13H20N2S. The molecule has 88 valence electrons. The number of aryl methyl sites for hydroxylation is 1. The maximum atomic E-state index is 3.44. The van der Waals surface area contributed by atoms with E-state index in [0.717, 1.165) is 13.1 Å². The Kier molecular flexibility index (Phi) is 4.55. The zero-order chi connectivity index (χ0) is 11.2. The first-order chi connectivity index (χ1) is 7.90. The minimum atomic E-state index is 1.10. The van der Waals surface area contributed by atoms with E-state index in [1.807, 2.05) is 18.8 Å². The van der Waals surface area contributed by atoms with Gasteiger partial charge in [0.1, 0.15) is 0 Å². The van der Waals surface area contributed by atoms with Gasteiger partial charge < -0.3 is 10.6 Å². The largest absolute Gasteiger partial charge is 0.383 e. The Bertz CT molecular complexity index is 339. The number of anilines is 1. The monoisotopic (exact) mass is 236 g/mol. The standard InChI is InChI=1S/C13H20N2S/c1-14-7-3-2-4-11-5-6-12-13(10-11)16-9-8-15-12/h5-6,10,14-15H,2-4,7-9H2,1H3. The predicted molar refractivity (Wildman–Crippen MR) is 72.5 cm³/mol. The molecule has 1 heterocycles. The van der Waals surface area contributed by atoms with Crippen molar-refractivity contribution in [1.82, 2.24) is 5.32 Å². The zero-order valence-corrected chi connectivity index (χ0v) is 10.7. The maximum absolute atomic E-state index is 3.44. The van der Waals surface area contributed by atoms with Gasteiger partial charge in [-0.2, -0.15) is 0 Å². The van der Waals surface area contributed by atoms with Crippen LogP contribution in [0.5, 0.6) is 0 Å². The highest BCUT2D eigenvalue weighted by Crippen LogP contribution is 2.31. The van der Waals surface area contributed by atoms with Gasteiger partial charge in [-0.25, -0.2) is 0 Å². The topological polar surface area (TPSA) is 24.1 Å². The Morgan fingerprint density at radius 2 is 2.31 bits per heavy atom. The summed E-state index contributed by atoms with van der Waals surface area (Å²) in [4.78, 5) is 1.43. The van der Waals surface area contributed by atoms with Crippen LogP contribution in [-0.4, -0.2) is 25.9 Å². The van der Waals surface area contributed by atoms with Crippen LogP contribution in [0.2, 0.25) is 0 Å². The van der Waals surface area contributed by atoms with E-state index in [9.17, 15) is 0 Å². The van der Waals surface area contributed by atoms with Crippen molar-refractivity contribution in [2.24, 2.45) is 0 Å². The fraction of sp³-hybridized carbons (Fsp3) is 0.538. The van der Waals surface area contributed by atoms with Crippen LogP contribution in [-0.2, 0) is 6.42 Å². The lowest BCUT2D eigenvalue weighted by atomic mass is 10.1. The van der Waals surface area contributed by atoms with E-state index in [2.05, 4.69) is 28.8 Å². The number of hydrogen-bond donors (Lipinski definition) is 2. The lowest BCUT2D eigenvalue weighted by molar-refractivity contribution is 0.677. The summed E-state index contributed by atoms with van der Waals surface area (Å²) >= 11 is 1.97. The number of benzene rings is 1. The average molecular weight is 236 g/mol. The highest BCUT2D eigenvalue weighted by atomic mass is 32.2. The first-order valence-electron chi connectivity index (χ1n) is 6.04. The second kappa shape index (κ2) is 6.16. The van der Waals surface area contributed by atoms with Crippen LogP contribution in [0.1, 0.15) is 18.4 Å². The summed E-state index contributed by atoms with van der Waals surface area (Å²) in [5.74, 6) is 1.19. The van der Waals surface area contributed by atoms with Crippen molar-refractivity contribution >= 4 is 17.4 Å². The second-order valence-corrected chi connectivity index (χ2v) is 5.30. The Hall–Kier alpha value is -0.670. The van der Waals surface area contributed by atoms with E-state index < -0.39 is 0 Å². The predicted octanol–water partition coefficient (Wildman–Crippen LogP) is 2.75. The van der Waals surface area contributed by atoms with Gasteiger partial charge in [-0.1, -0.05) is 6.07 Å². The molecule has 0 aromatic heterocycles. The van der Waals surface area contributed by atoms with Gasteiger partial charge in [0, 0.05) is 22.9 Å². The third-order valence-corrected chi connectivity index (χ3v) is 3.92. The van der Waals surface area contributed by atoms with Crippen LogP contribution < -0.4 is 10.6 Å². The molecule has 0 saturated heterocycles. The number of thioether (sulfide) groups is 1. The molecule has 1 aliphatic rings. The quantitative estimate of drug-likeness (QED) is 0.769. The molecule has 0 bridgehead atoms. The summed E-state index contributed by atoms with van der Waals surface area (Å²) in [5, 5.41) is 6.63. The van der Waals surface area contributed by atoms with Crippen LogP contribution in [0.15, 0.2) is 23.1 Å². The van der Waals surface area contributed by atoms with Gasteiger partial charge in [-0.05, 0) is 50.6 Å². The van der Waals surface area contributed by atoms with E-state index in [-0.39, 0.29) is 0 Å². The molecule has 3 heteroatoms. The number of fused-ring (bicyclic) bond motifs is 1. The first kappa shape index (κ1) is 11.8. The van der Waals surface area contributed by atoms with Crippen molar-refractivity contribution in [2.75, 3.05) is 31.2 Å². The third kappa shape index (κ3) is 3.16. The fourth-order valence-corrected chi connectivity index (χ4v) is 2.92. The number of nitrogens with one attached hydrogen (secondary N) is 2. The van der Waals surface area contributed by atoms with E-state index in [0.29, 0.717) is 0 Å². The molecule has 2 N–H and O–H groups in total. The third-order valence-electron chi connectivity index (χ3n) is 2.86. The first-order valence-corrected chi connectivity index (χ1v) is 7.03. The Morgan fingerprint density at radius 3 is 3.19 bits per heavy atom. The molecule has 0 spiro atoms. The summed E-state index contributed by atoms with van der Waals surface area (Å²) in [6.07, 6.45) is 3.74. The Balaban J connectivity index is 1.90. The van der Waals surface area contributed by atoms with Crippen molar-refractivity contribution in [2.45, 2.75) is 24.2 Å². The number of hydrogen-bond acceptors (Lipinski definition) is 3. The number of rotatable bonds is 5. The zero-order valence-electron chi connectivity index (χ0n) is 9.88. The van der Waals surface area contributed by atoms with E-state index in [1.165, 1.54) is 41.2 Å². The molecule has 1 aromatic carbocycles. The smallest absolute Gasteiger partial charge is 0.0478 e. The summed E-state index contributed by atoms with van der Waals surface area (Å²) in [6, 6.07) is 6.84. The van der Waals surface area contributed by atoms with Gasteiger partial charge in [0.25, 0.3) is 0 Å². The average Bonchev–Trinajstić information content (AvgIpc) is 2.34. The molecule has 2 rings (SSSR count). The van der Waals surface area contributed by atoms with Gasteiger partial charge >= 0.3 is 0 Å². The highest BCUT2D eigenvalue weighted by Gasteiger charge is 2.08. The van der Waals surface area contributed by atoms with Gasteiger partial charge in [-0.15, -0.1) is 11.8 Å². The van der Waals surface area contributed by atoms with Crippen LogP contribution in [0.4, 0.5) is 5.69 Å². The summed E-state index contributed by atoms with van der Waals surface area (Å²) in [6.45, 7) is 2.22. The molecule has 0 fully saturated rings. The van der Waals surface area contributed by atoms with E-state index >= 15 is 0 Å². The van der Waals surface area contributed by atoms with Gasteiger partial charge in [0.2, 0.25) is 0 Å². The lowest BCUT2D eigenvalue weighted by Crippen LogP contribution is -2.10. The molecule has 1 aliphatic heterocycles. The molecule has 0 saturated carbocycles. The summed E-state index contributed by atoms with van der Waals surface area (Å²) in [7, 11) is 2.02. The fourth-order valence-electron chi connectivity index (χ4n) is 1.97. The second-order valence-electron chi connectivity index (χ2n) is 4.17. The normalized spacial score (nSPS) is 14.3. The molecule has 0 atom stereocenters. The molecule has 0 aliphatic carbocycles. The van der Waals surface area contributed by atoms with Crippen LogP contribution in [0, 0.1) is 0 Å². The van der Waals surface area contributed by atoms with Gasteiger partial charge in [0.05, 0.1) is 0 Å². The summed E-state index contributed by atoms with van der Waals surface area (Å²) < 4.78 is 0. The van der Waals surface area contributed by atoms with Crippen molar-refractivity contribution < 1.29 is 0 Å². The van der Waals surface area contributed by atoms with Gasteiger partial charge in [-0.3, -0.25) is 0 Å².